The van der Waals surface area contributed by atoms with Crippen molar-refractivity contribution in [2.24, 2.45) is 0 Å². The highest BCUT2D eigenvalue weighted by atomic mass is 16.3. The Labute approximate surface area is 147 Å². The van der Waals surface area contributed by atoms with Crippen molar-refractivity contribution in [1.82, 2.24) is 10.2 Å². The van der Waals surface area contributed by atoms with Crippen molar-refractivity contribution >= 4 is 5.91 Å². The molecule has 0 bridgehead atoms. The summed E-state index contributed by atoms with van der Waals surface area (Å²) in [5, 5.41) is 18.7. The Morgan fingerprint density at radius 1 is 1.38 bits per heavy atom. The number of nitrogens with one attached hydrogen (secondary N) is 1. The van der Waals surface area contributed by atoms with Crippen LogP contribution in [0.2, 0.25) is 0 Å². The van der Waals surface area contributed by atoms with Gasteiger partial charge in [0.15, 0.2) is 0 Å². The van der Waals surface area contributed by atoms with Gasteiger partial charge in [-0.25, -0.2) is 0 Å². The lowest BCUT2D eigenvalue weighted by atomic mass is 10.1. The normalized spacial score (nSPS) is 18.1. The van der Waals surface area contributed by atoms with Crippen molar-refractivity contribution in [1.29, 1.82) is 0 Å². The van der Waals surface area contributed by atoms with Crippen LogP contribution in [0.4, 0.5) is 0 Å². The maximum absolute atomic E-state index is 9.70. The molecule has 5 nitrogen and oxygen atoms in total. The highest BCUT2D eigenvalue weighted by Gasteiger charge is 2.18. The summed E-state index contributed by atoms with van der Waals surface area (Å²) in [6.07, 6.45) is 9.46. The lowest BCUT2D eigenvalue weighted by molar-refractivity contribution is -0.118. The molecule has 5 heteroatoms. The van der Waals surface area contributed by atoms with Crippen molar-refractivity contribution in [3.8, 4) is 11.8 Å². The van der Waals surface area contributed by atoms with Gasteiger partial charge in [-0.15, -0.1) is 0 Å². The van der Waals surface area contributed by atoms with E-state index in [0.29, 0.717) is 0 Å². The Bertz CT molecular complexity index is 434. The van der Waals surface area contributed by atoms with Gasteiger partial charge in [0.1, 0.15) is 0 Å². The maximum Gasteiger partial charge on any atom is 0.216 e. The first kappa shape index (κ1) is 24.6. The fraction of sp³-hybridized carbons (Fsp3) is 0.632. The molecule has 0 saturated carbocycles. The summed E-state index contributed by atoms with van der Waals surface area (Å²) in [5.41, 5.74) is 1.14. The molecule has 3 N–H and O–H groups in total. The SMILES string of the molecule is CC.CNC(C)=O.CO.OC1CCN(CC#CC2=CCCC=C2)C1. The zero-order valence-electron chi connectivity index (χ0n) is 15.8. The Morgan fingerprint density at radius 3 is 2.42 bits per heavy atom. The van der Waals surface area contributed by atoms with Gasteiger partial charge in [-0.2, -0.15) is 0 Å². The van der Waals surface area contributed by atoms with Crippen molar-refractivity contribution in [2.45, 2.75) is 46.1 Å². The molecule has 0 aromatic carbocycles. The molecule has 138 valence electrons. The largest absolute Gasteiger partial charge is 0.400 e. The van der Waals surface area contributed by atoms with Crippen LogP contribution in [-0.2, 0) is 4.79 Å². The number of β-amino-alcohol motifs (C(OH)–C–C–N with tert-alkyl or cyclic N) is 1. The predicted molar refractivity (Wildman–Crippen MR) is 101 cm³/mol. The number of aliphatic hydroxyl groups is 2. The second kappa shape index (κ2) is 17.7. The van der Waals surface area contributed by atoms with Crippen molar-refractivity contribution in [3.05, 3.63) is 23.8 Å². The Hall–Kier alpha value is -1.61. The highest BCUT2D eigenvalue weighted by molar-refractivity contribution is 5.72. The van der Waals surface area contributed by atoms with E-state index in [0.717, 1.165) is 51.6 Å². The number of allylic oxidation sites excluding steroid dienone is 4. The molecular weight excluding hydrogens is 304 g/mol. The smallest absolute Gasteiger partial charge is 0.216 e. The third-order valence-corrected chi connectivity index (χ3v) is 3.13. The van der Waals surface area contributed by atoms with Crippen LogP contribution in [0.1, 0.15) is 40.0 Å². The van der Waals surface area contributed by atoms with E-state index < -0.39 is 0 Å². The van der Waals surface area contributed by atoms with E-state index >= 15 is 0 Å². The first-order chi connectivity index (χ1) is 11.6. The van der Waals surface area contributed by atoms with E-state index in [1.165, 1.54) is 6.92 Å². The molecule has 1 atom stereocenters. The van der Waals surface area contributed by atoms with E-state index in [1.807, 2.05) is 13.8 Å². The summed E-state index contributed by atoms with van der Waals surface area (Å²) in [5.74, 6) is 6.33. The highest BCUT2D eigenvalue weighted by Crippen LogP contribution is 2.09. The second-order valence-corrected chi connectivity index (χ2v) is 4.92. The van der Waals surface area contributed by atoms with Crippen LogP contribution >= 0.6 is 0 Å². The molecular formula is C19H34N2O3. The second-order valence-electron chi connectivity index (χ2n) is 4.92. The van der Waals surface area contributed by atoms with Crippen LogP contribution in [0.3, 0.4) is 0 Å². The maximum atomic E-state index is 9.70. The summed E-state index contributed by atoms with van der Waals surface area (Å²) in [4.78, 5) is 11.9. The van der Waals surface area contributed by atoms with Gasteiger partial charge < -0.3 is 15.5 Å². The average Bonchev–Trinajstić information content (AvgIpc) is 3.05. The molecule has 0 radical (unpaired) electrons. The number of rotatable bonds is 1. The number of hydrogen-bond donors (Lipinski definition) is 3. The van der Waals surface area contributed by atoms with Crippen molar-refractivity contribution in [2.75, 3.05) is 33.8 Å². The first-order valence-electron chi connectivity index (χ1n) is 8.51. The average molecular weight is 338 g/mol. The molecule has 1 aliphatic heterocycles. The Kier molecular flexibility index (Phi) is 18.2. The predicted octanol–water partition coefficient (Wildman–Crippen LogP) is 1.72. The van der Waals surface area contributed by atoms with Crippen LogP contribution in [-0.4, -0.2) is 60.9 Å². The summed E-state index contributed by atoms with van der Waals surface area (Å²) in [7, 11) is 2.60. The molecule has 1 amide bonds. The monoisotopic (exact) mass is 338 g/mol. The molecule has 1 heterocycles. The first-order valence-corrected chi connectivity index (χ1v) is 8.51. The summed E-state index contributed by atoms with van der Waals surface area (Å²) in [6, 6.07) is 0. The number of amides is 1. The van der Waals surface area contributed by atoms with Crippen molar-refractivity contribution in [3.63, 3.8) is 0 Å². The minimum Gasteiger partial charge on any atom is -0.400 e. The van der Waals surface area contributed by atoms with Gasteiger partial charge in [0.25, 0.3) is 0 Å². The Morgan fingerprint density at radius 2 is 2.00 bits per heavy atom. The molecule has 0 aromatic rings. The standard InChI is InChI=1S/C13H17NO.C3H7NO.C2H6.CH4O/c15-13-8-10-14(11-13)9-4-7-12-5-2-1-3-6-12;1-3(5)4-2;2*1-2/h2,5-6,13,15H,1,3,8-11H2;1-2H3,(H,4,5);1-2H3;2H,1H3. The molecule has 1 saturated heterocycles. The van der Waals surface area contributed by atoms with Gasteiger partial charge in [-0.3, -0.25) is 9.69 Å². The van der Waals surface area contributed by atoms with Crippen LogP contribution in [0.5, 0.6) is 0 Å². The van der Waals surface area contributed by atoms with Crippen LogP contribution < -0.4 is 5.32 Å². The Balaban J connectivity index is 0. The van der Waals surface area contributed by atoms with Crippen molar-refractivity contribution < 1.29 is 15.0 Å². The summed E-state index contributed by atoms with van der Waals surface area (Å²) < 4.78 is 0. The van der Waals surface area contributed by atoms with Gasteiger partial charge in [-0.05, 0) is 19.3 Å². The van der Waals surface area contributed by atoms with E-state index in [9.17, 15) is 9.90 Å². The molecule has 0 spiro atoms. The topological polar surface area (TPSA) is 72.8 Å². The molecule has 1 fully saturated rings. The van der Waals surface area contributed by atoms with E-state index in [1.54, 1.807) is 7.05 Å². The summed E-state index contributed by atoms with van der Waals surface area (Å²) in [6.45, 7) is 8.01. The minimum atomic E-state index is -0.138. The lowest BCUT2D eigenvalue weighted by Crippen LogP contribution is -2.22. The zero-order valence-corrected chi connectivity index (χ0v) is 15.8. The number of hydrogen-bond acceptors (Lipinski definition) is 4. The molecule has 0 aromatic heterocycles. The number of carbonyl (C=O) groups excluding carboxylic acids is 1. The van der Waals surface area contributed by atoms with E-state index in [-0.39, 0.29) is 12.0 Å². The van der Waals surface area contributed by atoms with Gasteiger partial charge in [0.05, 0.1) is 12.6 Å². The number of nitrogens with zero attached hydrogens (tertiary/aromatic N) is 1. The van der Waals surface area contributed by atoms with E-state index in [2.05, 4.69) is 40.3 Å². The van der Waals surface area contributed by atoms with Gasteiger partial charge in [0, 0.05) is 39.7 Å². The number of carbonyl (C=O) groups is 1. The van der Waals surface area contributed by atoms with Gasteiger partial charge >= 0.3 is 0 Å². The lowest BCUT2D eigenvalue weighted by Gasteiger charge is -2.09. The third kappa shape index (κ3) is 14.0. The van der Waals surface area contributed by atoms with Crippen LogP contribution in [0.15, 0.2) is 23.8 Å². The molecule has 24 heavy (non-hydrogen) atoms. The molecule has 2 aliphatic rings. The number of likely N-dealkylation sites (tertiary alicyclic amines) is 1. The van der Waals surface area contributed by atoms with Gasteiger partial charge in [0.2, 0.25) is 5.91 Å². The molecule has 2 rings (SSSR count). The van der Waals surface area contributed by atoms with Gasteiger partial charge in [-0.1, -0.05) is 43.9 Å². The number of aliphatic hydroxyl groups excluding tert-OH is 2. The third-order valence-electron chi connectivity index (χ3n) is 3.13. The quantitative estimate of drug-likeness (QED) is 0.637. The summed E-state index contributed by atoms with van der Waals surface area (Å²) >= 11 is 0. The fourth-order valence-corrected chi connectivity index (χ4v) is 1.92. The van der Waals surface area contributed by atoms with Crippen LogP contribution in [0, 0.1) is 11.8 Å². The van der Waals surface area contributed by atoms with Crippen LogP contribution in [0.25, 0.3) is 0 Å². The fourth-order valence-electron chi connectivity index (χ4n) is 1.92. The minimum absolute atomic E-state index is 0.00463. The molecule has 1 unspecified atom stereocenters. The van der Waals surface area contributed by atoms with E-state index in [4.69, 9.17) is 5.11 Å². The molecule has 1 aliphatic carbocycles. The zero-order chi connectivity index (χ0) is 18.8.